The Morgan fingerprint density at radius 1 is 0.849 bits per heavy atom. The highest BCUT2D eigenvalue weighted by molar-refractivity contribution is 5.89. The van der Waals surface area contributed by atoms with Gasteiger partial charge in [-0.05, 0) is 120 Å². The third-order valence-corrected chi connectivity index (χ3v) is 11.2. The van der Waals surface area contributed by atoms with Gasteiger partial charge in [-0.25, -0.2) is 14.4 Å². The fraction of sp³-hybridized carbons (Fsp3) is 0.769. The van der Waals surface area contributed by atoms with E-state index in [9.17, 15) is 27.6 Å². The minimum absolute atomic E-state index is 0.00822. The van der Waals surface area contributed by atoms with Crippen LogP contribution in [0.5, 0.6) is 0 Å². The number of likely N-dealkylation sites (N-methyl/N-ethyl adjacent to an activating group) is 1. The number of aliphatic hydroxyl groups excluding tert-OH is 1. The fourth-order valence-electron chi connectivity index (χ4n) is 8.99. The Morgan fingerprint density at radius 2 is 1.42 bits per heavy atom. The van der Waals surface area contributed by atoms with Gasteiger partial charge >= 0.3 is 24.2 Å². The molecule has 0 radical (unpaired) electrons. The summed E-state index contributed by atoms with van der Waals surface area (Å²) in [6, 6.07) is 3.70. The summed E-state index contributed by atoms with van der Waals surface area (Å²) in [6.07, 6.45) is 10.6. The largest absolute Gasteiger partial charge is 0.466 e. The van der Waals surface area contributed by atoms with Crippen LogP contribution in [0.15, 0.2) is 24.3 Å². The number of urea groups is 2. The molecule has 0 heterocycles. The molecule has 4 saturated carbocycles. The van der Waals surface area contributed by atoms with Gasteiger partial charge < -0.3 is 30.5 Å². The number of esters is 1. The topological polar surface area (TPSA) is 132 Å². The van der Waals surface area contributed by atoms with Gasteiger partial charge in [0, 0.05) is 37.5 Å². The molecule has 4 N–H and O–H groups in total. The maximum Gasteiger partial charge on any atom is 0.416 e. The van der Waals surface area contributed by atoms with Crippen molar-refractivity contribution >= 4 is 23.7 Å². The molecule has 0 spiro atoms. The van der Waals surface area contributed by atoms with Crippen molar-refractivity contribution in [3.63, 3.8) is 0 Å². The molecule has 1 unspecified atom stereocenters. The van der Waals surface area contributed by atoms with Crippen molar-refractivity contribution in [1.29, 1.82) is 0 Å². The molecule has 4 fully saturated rings. The number of ether oxygens (including phenoxy) is 2. The van der Waals surface area contributed by atoms with E-state index in [1.807, 2.05) is 11.9 Å². The van der Waals surface area contributed by atoms with E-state index < -0.39 is 29.9 Å². The second-order valence-electron chi connectivity index (χ2n) is 15.5. The van der Waals surface area contributed by atoms with Gasteiger partial charge in [-0.3, -0.25) is 9.80 Å². The summed E-state index contributed by atoms with van der Waals surface area (Å²) >= 11 is 0. The lowest BCUT2D eigenvalue weighted by Gasteiger charge is -2.57. The summed E-state index contributed by atoms with van der Waals surface area (Å²) in [7, 11) is 3.26. The lowest BCUT2D eigenvalue weighted by molar-refractivity contribution is -0.152. The van der Waals surface area contributed by atoms with E-state index in [0.717, 1.165) is 95.6 Å². The van der Waals surface area contributed by atoms with Gasteiger partial charge in [0.15, 0.2) is 6.17 Å². The van der Waals surface area contributed by atoms with E-state index in [1.54, 1.807) is 4.90 Å². The Balaban J connectivity index is 1.17. The van der Waals surface area contributed by atoms with Crippen molar-refractivity contribution in [2.45, 2.75) is 121 Å². The fourth-order valence-corrected chi connectivity index (χ4v) is 8.99. The first-order chi connectivity index (χ1) is 25.4. The molecule has 4 amide bonds. The van der Waals surface area contributed by atoms with Crippen LogP contribution in [-0.2, 0) is 20.4 Å². The Labute approximate surface area is 313 Å². The molecule has 300 valence electrons. The first kappa shape index (κ1) is 42.6. The molecule has 1 aromatic carbocycles. The lowest BCUT2D eigenvalue weighted by Crippen LogP contribution is -2.65. The van der Waals surface area contributed by atoms with Crippen molar-refractivity contribution in [3.8, 4) is 0 Å². The number of anilines is 1. The number of amides is 4. The van der Waals surface area contributed by atoms with Crippen molar-refractivity contribution in [2.75, 3.05) is 58.9 Å². The zero-order valence-corrected chi connectivity index (χ0v) is 31.7. The molecular formula is C39H62F3N5O6. The summed E-state index contributed by atoms with van der Waals surface area (Å²) in [5.74, 6) is 1.60. The van der Waals surface area contributed by atoms with Gasteiger partial charge in [0.25, 0.3) is 0 Å². The van der Waals surface area contributed by atoms with Gasteiger partial charge in [0.05, 0.1) is 25.9 Å². The van der Waals surface area contributed by atoms with E-state index in [4.69, 9.17) is 14.6 Å². The molecule has 4 aliphatic rings. The quantitative estimate of drug-likeness (QED) is 0.0531. The molecule has 0 saturated heterocycles. The summed E-state index contributed by atoms with van der Waals surface area (Å²) in [5, 5.41) is 17.7. The van der Waals surface area contributed by atoms with E-state index in [-0.39, 0.29) is 18.2 Å². The zero-order chi connectivity index (χ0) is 38.3. The molecular weight excluding hydrogens is 691 g/mol. The second-order valence-corrected chi connectivity index (χ2v) is 15.5. The van der Waals surface area contributed by atoms with Gasteiger partial charge in [-0.2, -0.15) is 13.2 Å². The minimum Gasteiger partial charge on any atom is -0.466 e. The third kappa shape index (κ3) is 13.6. The van der Waals surface area contributed by atoms with Crippen LogP contribution in [0.3, 0.4) is 0 Å². The lowest BCUT2D eigenvalue weighted by atomic mass is 9.53. The van der Waals surface area contributed by atoms with E-state index in [2.05, 4.69) is 16.0 Å². The van der Waals surface area contributed by atoms with Crippen LogP contribution in [0.4, 0.5) is 28.4 Å². The molecule has 1 atom stereocenters. The minimum atomic E-state index is -4.42. The van der Waals surface area contributed by atoms with Crippen LogP contribution in [0, 0.1) is 17.8 Å². The molecule has 4 aliphatic carbocycles. The Morgan fingerprint density at radius 3 is 2.00 bits per heavy atom. The smallest absolute Gasteiger partial charge is 0.416 e. The number of rotatable bonds is 23. The molecule has 5 rings (SSSR count). The summed E-state index contributed by atoms with van der Waals surface area (Å²) < 4.78 is 48.8. The number of halogens is 3. The first-order valence-electron chi connectivity index (χ1n) is 19.7. The number of benzene rings is 1. The average Bonchev–Trinajstić information content (AvgIpc) is 3.10. The summed E-state index contributed by atoms with van der Waals surface area (Å²) in [4.78, 5) is 43.2. The standard InChI is InChI=1S/C39H62F3N5O6/c1-46(18-10-7-5-3-4-6-9-17-43-36(50)44-33-15-13-32(14-16-33)39(40,41)42)34(35(49)52-2)47(19-11-8-12-21-53-22-20-48)37(51)45-38-26-29-23-30(27-38)25-31(24-29)28-38/h13-16,29-31,34,48H,3-12,17-28H2,1-2H3,(H,45,51)(H2,43,44,50). The van der Waals surface area contributed by atoms with Crippen molar-refractivity contribution in [2.24, 2.45) is 17.8 Å². The molecule has 0 aromatic heterocycles. The third-order valence-electron chi connectivity index (χ3n) is 11.2. The summed E-state index contributed by atoms with van der Waals surface area (Å²) in [5.41, 5.74) is -0.650. The number of hydrogen-bond acceptors (Lipinski definition) is 7. The van der Waals surface area contributed by atoms with Crippen LogP contribution in [-0.4, -0.2) is 98.3 Å². The van der Waals surface area contributed by atoms with Gasteiger partial charge in [-0.1, -0.05) is 32.1 Å². The number of aliphatic hydroxyl groups is 1. The van der Waals surface area contributed by atoms with E-state index >= 15 is 0 Å². The number of unbranched alkanes of at least 4 members (excludes halogenated alkanes) is 8. The number of carbonyl (C=O) groups excluding carboxylic acids is 3. The van der Waals surface area contributed by atoms with Crippen LogP contribution < -0.4 is 16.0 Å². The number of carbonyl (C=O) groups is 3. The van der Waals surface area contributed by atoms with E-state index in [1.165, 1.54) is 38.5 Å². The summed E-state index contributed by atoms with van der Waals surface area (Å²) in [6.45, 7) is 2.37. The van der Waals surface area contributed by atoms with Crippen LogP contribution >= 0.6 is 0 Å². The number of nitrogens with one attached hydrogen (secondary N) is 3. The van der Waals surface area contributed by atoms with Crippen molar-refractivity contribution < 1.29 is 42.1 Å². The number of nitrogens with zero attached hydrogens (tertiary/aromatic N) is 2. The highest BCUT2D eigenvalue weighted by Gasteiger charge is 2.52. The highest BCUT2D eigenvalue weighted by atomic mass is 19.4. The predicted octanol–water partition coefficient (Wildman–Crippen LogP) is 7.15. The van der Waals surface area contributed by atoms with E-state index in [0.29, 0.717) is 56.3 Å². The van der Waals surface area contributed by atoms with Crippen molar-refractivity contribution in [3.05, 3.63) is 29.8 Å². The van der Waals surface area contributed by atoms with Crippen molar-refractivity contribution in [1.82, 2.24) is 20.4 Å². The first-order valence-corrected chi connectivity index (χ1v) is 19.7. The average molecular weight is 754 g/mol. The van der Waals surface area contributed by atoms with Gasteiger partial charge in [-0.15, -0.1) is 0 Å². The Hall–Kier alpha value is -3.10. The predicted molar refractivity (Wildman–Crippen MR) is 197 cm³/mol. The molecule has 11 nitrogen and oxygen atoms in total. The zero-order valence-electron chi connectivity index (χ0n) is 31.7. The maximum atomic E-state index is 14.2. The number of hydrogen-bond donors (Lipinski definition) is 4. The Bertz CT molecular complexity index is 1250. The van der Waals surface area contributed by atoms with Crippen LogP contribution in [0.1, 0.15) is 108 Å². The SMILES string of the molecule is COC(=O)C(N(C)CCCCCCCCCNC(=O)Nc1ccc(C(F)(F)F)cc1)N(CCCCCOCCO)C(=O)NC12CC3CC(CC(C3)C1)C2. The number of alkyl halides is 3. The molecule has 14 heteroatoms. The van der Waals surface area contributed by atoms with Gasteiger partial charge in [0.2, 0.25) is 0 Å². The molecule has 1 aromatic rings. The van der Waals surface area contributed by atoms with Crippen LogP contribution in [0.25, 0.3) is 0 Å². The maximum absolute atomic E-state index is 14.2. The normalized spacial score (nSPS) is 22.4. The highest BCUT2D eigenvalue weighted by Crippen LogP contribution is 2.55. The molecule has 0 aliphatic heterocycles. The Kier molecular flexibility index (Phi) is 17.0. The van der Waals surface area contributed by atoms with Crippen LogP contribution in [0.2, 0.25) is 0 Å². The molecule has 53 heavy (non-hydrogen) atoms. The monoisotopic (exact) mass is 753 g/mol. The van der Waals surface area contributed by atoms with Gasteiger partial charge in [0.1, 0.15) is 0 Å². The molecule has 4 bridgehead atoms. The second kappa shape index (κ2) is 21.1. The number of methoxy groups -OCH3 is 1.